The summed E-state index contributed by atoms with van der Waals surface area (Å²) in [4.78, 5) is 11.4. The third-order valence-electron chi connectivity index (χ3n) is 2.15. The maximum absolute atomic E-state index is 11.4. The summed E-state index contributed by atoms with van der Waals surface area (Å²) in [6.45, 7) is 3.80. The zero-order chi connectivity index (χ0) is 12.0. The molecule has 0 atom stereocenters. The molecule has 86 valence electrons. The fraction of sp³-hybridized carbons (Fsp3) is 0.250. The summed E-state index contributed by atoms with van der Waals surface area (Å²) in [6, 6.07) is 7.53. The number of nitrogens with two attached hydrogens (primary N) is 1. The Morgan fingerprint density at radius 2 is 2.12 bits per heavy atom. The van der Waals surface area contributed by atoms with Gasteiger partial charge in [-0.2, -0.15) is 0 Å². The Kier molecular flexibility index (Phi) is 4.86. The third-order valence-corrected chi connectivity index (χ3v) is 2.29. The van der Waals surface area contributed by atoms with E-state index in [1.807, 2.05) is 24.3 Å². The number of anilines is 1. The molecule has 1 amide bonds. The third kappa shape index (κ3) is 4.36. The average Bonchev–Trinajstić information content (AvgIpc) is 2.25. The van der Waals surface area contributed by atoms with Crippen LogP contribution < -0.4 is 11.1 Å². The Hall–Kier alpha value is -1.48. The molecule has 16 heavy (non-hydrogen) atoms. The summed E-state index contributed by atoms with van der Waals surface area (Å²) in [7, 11) is 0. The van der Waals surface area contributed by atoms with Gasteiger partial charge in [0, 0.05) is 17.1 Å². The Balaban J connectivity index is 2.37. The number of nitrogen functional groups attached to an aromatic ring is 1. The molecule has 0 unspecified atom stereocenters. The Morgan fingerprint density at radius 3 is 2.75 bits per heavy atom. The number of para-hydroxylation sites is 1. The first-order valence-corrected chi connectivity index (χ1v) is 5.40. The Labute approximate surface area is 100 Å². The second-order valence-corrected chi connectivity index (χ2v) is 4.03. The van der Waals surface area contributed by atoms with Crippen molar-refractivity contribution in [1.29, 1.82) is 0 Å². The molecule has 4 heteroatoms. The van der Waals surface area contributed by atoms with Gasteiger partial charge in [0.15, 0.2) is 0 Å². The maximum atomic E-state index is 11.4. The lowest BCUT2D eigenvalue weighted by molar-refractivity contribution is -0.120. The van der Waals surface area contributed by atoms with Gasteiger partial charge in [-0.05, 0) is 18.1 Å². The van der Waals surface area contributed by atoms with E-state index < -0.39 is 0 Å². The van der Waals surface area contributed by atoms with E-state index in [0.29, 0.717) is 24.4 Å². The SMILES string of the molecule is C=C(Cl)CNC(=O)CCc1ccccc1N. The highest BCUT2D eigenvalue weighted by molar-refractivity contribution is 6.29. The van der Waals surface area contributed by atoms with Crippen LogP contribution in [0.15, 0.2) is 35.9 Å². The van der Waals surface area contributed by atoms with Crippen molar-refractivity contribution >= 4 is 23.2 Å². The Morgan fingerprint density at radius 1 is 1.44 bits per heavy atom. The number of hydrogen-bond donors (Lipinski definition) is 2. The maximum Gasteiger partial charge on any atom is 0.220 e. The molecule has 3 N–H and O–H groups in total. The van der Waals surface area contributed by atoms with Crippen molar-refractivity contribution in [2.75, 3.05) is 12.3 Å². The molecule has 1 aromatic rings. The normalized spacial score (nSPS) is 9.81. The van der Waals surface area contributed by atoms with Crippen molar-refractivity contribution < 1.29 is 4.79 Å². The second-order valence-electron chi connectivity index (χ2n) is 3.49. The van der Waals surface area contributed by atoms with Crippen molar-refractivity contribution in [3.8, 4) is 0 Å². The van der Waals surface area contributed by atoms with E-state index in [2.05, 4.69) is 11.9 Å². The van der Waals surface area contributed by atoms with Gasteiger partial charge in [0.25, 0.3) is 0 Å². The molecule has 1 aromatic carbocycles. The summed E-state index contributed by atoms with van der Waals surface area (Å²) >= 11 is 5.54. The van der Waals surface area contributed by atoms with Crippen LogP contribution in [0.3, 0.4) is 0 Å². The average molecular weight is 239 g/mol. The molecular formula is C12H15ClN2O. The fourth-order valence-corrected chi connectivity index (χ4v) is 1.36. The van der Waals surface area contributed by atoms with Crippen LogP contribution in [0.5, 0.6) is 0 Å². The van der Waals surface area contributed by atoms with E-state index >= 15 is 0 Å². The molecule has 0 saturated heterocycles. The minimum absolute atomic E-state index is 0.0509. The predicted octanol–water partition coefficient (Wildman–Crippen LogP) is 2.07. The number of hydrogen-bond acceptors (Lipinski definition) is 2. The van der Waals surface area contributed by atoms with Crippen LogP contribution in [-0.4, -0.2) is 12.5 Å². The fourth-order valence-electron chi connectivity index (χ4n) is 1.29. The number of aryl methyl sites for hydroxylation is 1. The summed E-state index contributed by atoms with van der Waals surface area (Å²) in [5, 5.41) is 3.08. The van der Waals surface area contributed by atoms with Gasteiger partial charge in [0.1, 0.15) is 0 Å². The molecule has 0 aliphatic rings. The van der Waals surface area contributed by atoms with Gasteiger partial charge in [-0.15, -0.1) is 0 Å². The van der Waals surface area contributed by atoms with E-state index in [4.69, 9.17) is 17.3 Å². The van der Waals surface area contributed by atoms with Crippen LogP contribution in [0, 0.1) is 0 Å². The van der Waals surface area contributed by atoms with Crippen LogP contribution >= 0.6 is 11.6 Å². The first-order valence-electron chi connectivity index (χ1n) is 5.03. The smallest absolute Gasteiger partial charge is 0.220 e. The number of benzene rings is 1. The van der Waals surface area contributed by atoms with Crippen LogP contribution in [0.4, 0.5) is 5.69 Å². The van der Waals surface area contributed by atoms with Gasteiger partial charge in [0.05, 0.1) is 6.54 Å². The van der Waals surface area contributed by atoms with Gasteiger partial charge < -0.3 is 11.1 Å². The van der Waals surface area contributed by atoms with Crippen molar-refractivity contribution in [3.63, 3.8) is 0 Å². The van der Waals surface area contributed by atoms with Crippen LogP contribution in [0.25, 0.3) is 0 Å². The molecule has 0 aliphatic heterocycles. The van der Waals surface area contributed by atoms with E-state index in [9.17, 15) is 4.79 Å². The van der Waals surface area contributed by atoms with E-state index in [0.717, 1.165) is 11.3 Å². The zero-order valence-corrected chi connectivity index (χ0v) is 9.76. The number of carbonyl (C=O) groups excluding carboxylic acids is 1. The molecule has 1 rings (SSSR count). The summed E-state index contributed by atoms with van der Waals surface area (Å²) in [5.41, 5.74) is 7.47. The zero-order valence-electron chi connectivity index (χ0n) is 9.00. The summed E-state index contributed by atoms with van der Waals surface area (Å²) in [6.07, 6.45) is 1.03. The molecule has 0 aromatic heterocycles. The predicted molar refractivity (Wildman–Crippen MR) is 67.2 cm³/mol. The molecule has 0 fully saturated rings. The lowest BCUT2D eigenvalue weighted by Gasteiger charge is -2.06. The second kappa shape index (κ2) is 6.18. The van der Waals surface area contributed by atoms with Gasteiger partial charge in [-0.25, -0.2) is 0 Å². The minimum Gasteiger partial charge on any atom is -0.399 e. The van der Waals surface area contributed by atoms with Crippen LogP contribution in [0.1, 0.15) is 12.0 Å². The summed E-state index contributed by atoms with van der Waals surface area (Å²) < 4.78 is 0. The van der Waals surface area contributed by atoms with Gasteiger partial charge >= 0.3 is 0 Å². The van der Waals surface area contributed by atoms with Crippen molar-refractivity contribution in [2.45, 2.75) is 12.8 Å². The highest BCUT2D eigenvalue weighted by Crippen LogP contribution is 2.12. The largest absolute Gasteiger partial charge is 0.399 e. The number of nitrogens with one attached hydrogen (secondary N) is 1. The van der Waals surface area contributed by atoms with Gasteiger partial charge in [0.2, 0.25) is 5.91 Å². The number of amides is 1. The quantitative estimate of drug-likeness (QED) is 0.772. The first kappa shape index (κ1) is 12.6. The van der Waals surface area contributed by atoms with Crippen molar-refractivity contribution in [2.24, 2.45) is 0 Å². The molecule has 0 saturated carbocycles. The van der Waals surface area contributed by atoms with Crippen molar-refractivity contribution in [3.05, 3.63) is 41.4 Å². The minimum atomic E-state index is -0.0509. The molecule has 0 aliphatic carbocycles. The molecule has 0 radical (unpaired) electrons. The van der Waals surface area contributed by atoms with E-state index in [-0.39, 0.29) is 5.91 Å². The van der Waals surface area contributed by atoms with Gasteiger partial charge in [-0.1, -0.05) is 36.4 Å². The number of carbonyl (C=O) groups is 1. The van der Waals surface area contributed by atoms with Crippen LogP contribution in [-0.2, 0) is 11.2 Å². The van der Waals surface area contributed by atoms with E-state index in [1.165, 1.54) is 0 Å². The lowest BCUT2D eigenvalue weighted by atomic mass is 10.1. The van der Waals surface area contributed by atoms with Gasteiger partial charge in [-0.3, -0.25) is 4.79 Å². The summed E-state index contributed by atoms with van der Waals surface area (Å²) in [5.74, 6) is -0.0509. The highest BCUT2D eigenvalue weighted by atomic mass is 35.5. The first-order chi connectivity index (χ1) is 7.59. The standard InChI is InChI=1S/C12H15ClN2O/c1-9(13)8-15-12(16)7-6-10-4-2-3-5-11(10)14/h2-5H,1,6-8,14H2,(H,15,16). The number of rotatable bonds is 5. The van der Waals surface area contributed by atoms with Crippen LogP contribution in [0.2, 0.25) is 0 Å². The lowest BCUT2D eigenvalue weighted by Crippen LogP contribution is -2.24. The molecule has 0 heterocycles. The molecular weight excluding hydrogens is 224 g/mol. The molecule has 0 spiro atoms. The molecule has 3 nitrogen and oxygen atoms in total. The Bertz CT molecular complexity index is 390. The monoisotopic (exact) mass is 238 g/mol. The highest BCUT2D eigenvalue weighted by Gasteiger charge is 2.03. The topological polar surface area (TPSA) is 55.1 Å². The van der Waals surface area contributed by atoms with Crippen molar-refractivity contribution in [1.82, 2.24) is 5.32 Å². The number of halogens is 1. The molecule has 0 bridgehead atoms. The van der Waals surface area contributed by atoms with E-state index in [1.54, 1.807) is 0 Å².